The summed E-state index contributed by atoms with van der Waals surface area (Å²) in [5.41, 5.74) is -0.552. The van der Waals surface area contributed by atoms with Crippen LogP contribution in [0.25, 0.3) is 0 Å². The number of halogens is 2. The number of hydrogen-bond donors (Lipinski definition) is 0. The summed E-state index contributed by atoms with van der Waals surface area (Å²) in [5, 5.41) is -0.881. The third-order valence-corrected chi connectivity index (χ3v) is 1.90. The number of carbonyl (C=O) groups excluding carboxylic acids is 2. The standard InChI is InChI=1S/C9H6ClFO3/c1-14-7-3-2-5(9(10)13)6(4-12)8(7)11/h2-4H,1H3. The Kier molecular flexibility index (Phi) is 3.19. The van der Waals surface area contributed by atoms with Gasteiger partial charge in [-0.3, -0.25) is 9.59 Å². The number of methoxy groups -OCH3 is 1. The lowest BCUT2D eigenvalue weighted by Gasteiger charge is -2.05. The van der Waals surface area contributed by atoms with Crippen molar-refractivity contribution in [2.45, 2.75) is 0 Å². The topological polar surface area (TPSA) is 43.4 Å². The molecule has 3 nitrogen and oxygen atoms in total. The molecule has 0 saturated heterocycles. The van der Waals surface area contributed by atoms with E-state index in [1.807, 2.05) is 0 Å². The maximum absolute atomic E-state index is 13.3. The number of carbonyl (C=O) groups is 2. The Morgan fingerprint density at radius 2 is 2.21 bits per heavy atom. The predicted molar refractivity (Wildman–Crippen MR) is 48.5 cm³/mol. The van der Waals surface area contributed by atoms with Crippen LogP contribution in [0.1, 0.15) is 20.7 Å². The van der Waals surface area contributed by atoms with Gasteiger partial charge in [-0.25, -0.2) is 4.39 Å². The minimum absolute atomic E-state index is 0.103. The van der Waals surface area contributed by atoms with Crippen LogP contribution in [0, 0.1) is 5.82 Å². The first-order valence-corrected chi connectivity index (χ1v) is 4.01. The van der Waals surface area contributed by atoms with Gasteiger partial charge in [0.2, 0.25) is 0 Å². The van der Waals surface area contributed by atoms with Crippen molar-refractivity contribution in [2.24, 2.45) is 0 Å². The molecular formula is C9H6ClFO3. The Hall–Kier alpha value is -1.42. The van der Waals surface area contributed by atoms with Crippen LogP contribution in [0.4, 0.5) is 4.39 Å². The molecule has 14 heavy (non-hydrogen) atoms. The van der Waals surface area contributed by atoms with E-state index in [0.29, 0.717) is 0 Å². The van der Waals surface area contributed by atoms with Gasteiger partial charge in [0.1, 0.15) is 0 Å². The summed E-state index contributed by atoms with van der Waals surface area (Å²) < 4.78 is 18.0. The lowest BCUT2D eigenvalue weighted by atomic mass is 10.1. The Balaban J connectivity index is 3.43. The molecule has 0 unspecified atom stereocenters. The molecule has 0 aromatic heterocycles. The molecule has 1 rings (SSSR count). The molecule has 0 heterocycles. The third kappa shape index (κ3) is 1.75. The summed E-state index contributed by atoms with van der Waals surface area (Å²) in [6.07, 6.45) is 0.230. The predicted octanol–water partition coefficient (Wildman–Crippen LogP) is 2.03. The fraction of sp³-hybridized carbons (Fsp3) is 0.111. The molecule has 5 heteroatoms. The van der Waals surface area contributed by atoms with E-state index in [9.17, 15) is 14.0 Å². The van der Waals surface area contributed by atoms with Crippen molar-refractivity contribution in [2.75, 3.05) is 7.11 Å². The summed E-state index contributed by atoms with van der Waals surface area (Å²) in [5.74, 6) is -0.984. The summed E-state index contributed by atoms with van der Waals surface area (Å²) in [6, 6.07) is 2.47. The largest absolute Gasteiger partial charge is 0.494 e. The van der Waals surface area contributed by atoms with Gasteiger partial charge >= 0.3 is 0 Å². The average Bonchev–Trinajstić information content (AvgIpc) is 2.17. The molecule has 0 aliphatic rings. The van der Waals surface area contributed by atoms with Crippen molar-refractivity contribution in [3.63, 3.8) is 0 Å². The zero-order valence-corrected chi connectivity index (χ0v) is 7.97. The maximum Gasteiger partial charge on any atom is 0.253 e. The second-order valence-electron chi connectivity index (χ2n) is 2.43. The smallest absolute Gasteiger partial charge is 0.253 e. The minimum Gasteiger partial charge on any atom is -0.494 e. The first-order valence-electron chi connectivity index (χ1n) is 3.63. The number of aldehydes is 1. The van der Waals surface area contributed by atoms with E-state index in [0.717, 1.165) is 0 Å². The lowest BCUT2D eigenvalue weighted by Crippen LogP contribution is -2.02. The Morgan fingerprint density at radius 3 is 2.64 bits per heavy atom. The summed E-state index contributed by atoms with van der Waals surface area (Å²) in [4.78, 5) is 21.3. The Bertz CT molecular complexity index is 390. The Morgan fingerprint density at radius 1 is 1.57 bits per heavy atom. The van der Waals surface area contributed by atoms with Gasteiger partial charge in [-0.2, -0.15) is 0 Å². The first kappa shape index (κ1) is 10.7. The van der Waals surface area contributed by atoms with Gasteiger partial charge in [0, 0.05) is 5.56 Å². The molecule has 0 saturated carbocycles. The normalized spacial score (nSPS) is 9.64. The zero-order chi connectivity index (χ0) is 10.7. The van der Waals surface area contributed by atoms with Crippen LogP contribution < -0.4 is 4.74 Å². The lowest BCUT2D eigenvalue weighted by molar-refractivity contribution is 0.106. The highest BCUT2D eigenvalue weighted by Crippen LogP contribution is 2.23. The van der Waals surface area contributed by atoms with Crippen molar-refractivity contribution in [3.8, 4) is 5.75 Å². The van der Waals surface area contributed by atoms with E-state index in [2.05, 4.69) is 4.74 Å². The summed E-state index contributed by atoms with van der Waals surface area (Å²) >= 11 is 5.15. The highest BCUT2D eigenvalue weighted by atomic mass is 35.5. The van der Waals surface area contributed by atoms with E-state index in [1.165, 1.54) is 19.2 Å². The third-order valence-electron chi connectivity index (χ3n) is 1.69. The quantitative estimate of drug-likeness (QED) is 0.574. The number of rotatable bonds is 3. The molecule has 0 amide bonds. The zero-order valence-electron chi connectivity index (χ0n) is 7.21. The second kappa shape index (κ2) is 4.19. The van der Waals surface area contributed by atoms with Crippen molar-refractivity contribution in [1.82, 2.24) is 0 Å². The molecule has 0 fully saturated rings. The van der Waals surface area contributed by atoms with E-state index in [1.54, 1.807) is 0 Å². The van der Waals surface area contributed by atoms with Gasteiger partial charge in [-0.05, 0) is 23.7 Å². The summed E-state index contributed by atoms with van der Waals surface area (Å²) in [7, 11) is 1.26. The van der Waals surface area contributed by atoms with E-state index < -0.39 is 11.1 Å². The molecule has 1 aromatic rings. The first-order chi connectivity index (χ1) is 6.61. The van der Waals surface area contributed by atoms with Gasteiger partial charge in [-0.15, -0.1) is 0 Å². The summed E-state index contributed by atoms with van der Waals surface area (Å²) in [6.45, 7) is 0. The maximum atomic E-state index is 13.3. The van der Waals surface area contributed by atoms with Crippen LogP contribution in [-0.4, -0.2) is 18.6 Å². The van der Waals surface area contributed by atoms with Crippen LogP contribution in [-0.2, 0) is 0 Å². The molecule has 74 valence electrons. The highest BCUT2D eigenvalue weighted by Gasteiger charge is 2.16. The van der Waals surface area contributed by atoms with Crippen molar-refractivity contribution in [3.05, 3.63) is 29.1 Å². The molecule has 0 aliphatic carbocycles. The average molecular weight is 217 g/mol. The number of ether oxygens (including phenoxy) is 1. The van der Waals surface area contributed by atoms with Crippen molar-refractivity contribution >= 4 is 23.1 Å². The van der Waals surface area contributed by atoms with Gasteiger partial charge in [0.25, 0.3) is 5.24 Å². The fourth-order valence-corrected chi connectivity index (χ4v) is 1.18. The molecule has 0 atom stereocenters. The van der Waals surface area contributed by atoms with Crippen LogP contribution in [0.5, 0.6) is 5.75 Å². The van der Waals surface area contributed by atoms with Crippen LogP contribution in [0.3, 0.4) is 0 Å². The molecule has 0 radical (unpaired) electrons. The minimum atomic E-state index is -0.881. The molecule has 0 aliphatic heterocycles. The van der Waals surface area contributed by atoms with Crippen LogP contribution in [0.2, 0.25) is 0 Å². The highest BCUT2D eigenvalue weighted by molar-refractivity contribution is 6.68. The monoisotopic (exact) mass is 216 g/mol. The van der Waals surface area contributed by atoms with E-state index >= 15 is 0 Å². The second-order valence-corrected chi connectivity index (χ2v) is 2.78. The molecule has 1 aromatic carbocycles. The van der Waals surface area contributed by atoms with Crippen LogP contribution in [0.15, 0.2) is 12.1 Å². The fourth-order valence-electron chi connectivity index (χ4n) is 1.02. The van der Waals surface area contributed by atoms with E-state index in [4.69, 9.17) is 11.6 Å². The number of hydrogen-bond acceptors (Lipinski definition) is 3. The Labute approximate surface area is 84.4 Å². The SMILES string of the molecule is COc1ccc(C(=O)Cl)c(C=O)c1F. The molecular weight excluding hydrogens is 211 g/mol. The van der Waals surface area contributed by atoms with Gasteiger partial charge in [-0.1, -0.05) is 0 Å². The molecule has 0 spiro atoms. The van der Waals surface area contributed by atoms with E-state index in [-0.39, 0.29) is 23.2 Å². The van der Waals surface area contributed by atoms with Gasteiger partial charge < -0.3 is 4.74 Å². The van der Waals surface area contributed by atoms with Gasteiger partial charge in [0.15, 0.2) is 17.9 Å². The van der Waals surface area contributed by atoms with Crippen molar-refractivity contribution < 1.29 is 18.7 Å². The molecule has 0 N–H and O–H groups in total. The number of benzene rings is 1. The van der Waals surface area contributed by atoms with Gasteiger partial charge in [0.05, 0.1) is 12.7 Å². The molecule has 0 bridgehead atoms. The van der Waals surface area contributed by atoms with Crippen molar-refractivity contribution in [1.29, 1.82) is 0 Å². The van der Waals surface area contributed by atoms with Crippen LogP contribution >= 0.6 is 11.6 Å².